The van der Waals surface area contributed by atoms with Gasteiger partial charge in [0.1, 0.15) is 5.76 Å². The van der Waals surface area contributed by atoms with Crippen molar-refractivity contribution in [2.45, 2.75) is 19.6 Å². The quantitative estimate of drug-likeness (QED) is 0.655. The first-order valence-corrected chi connectivity index (χ1v) is 8.45. The molecule has 0 bridgehead atoms. The van der Waals surface area contributed by atoms with E-state index >= 15 is 0 Å². The van der Waals surface area contributed by atoms with Gasteiger partial charge in [0.2, 0.25) is 0 Å². The maximum absolute atomic E-state index is 5.88. The average Bonchev–Trinajstić information content (AvgIpc) is 3.29. The van der Waals surface area contributed by atoms with Gasteiger partial charge in [-0.25, -0.2) is 0 Å². The summed E-state index contributed by atoms with van der Waals surface area (Å²) in [7, 11) is 1.82. The highest BCUT2D eigenvalue weighted by Crippen LogP contribution is 2.17. The van der Waals surface area contributed by atoms with Crippen molar-refractivity contribution >= 4 is 5.96 Å². The minimum Gasteiger partial charge on any atom is -0.467 e. The Hall–Kier alpha value is -2.27. The number of furan rings is 1. The molecule has 0 aliphatic carbocycles. The second-order valence-corrected chi connectivity index (χ2v) is 6.08. The summed E-state index contributed by atoms with van der Waals surface area (Å²) in [5.41, 5.74) is 1.23. The third kappa shape index (κ3) is 4.61. The number of hydrogen-bond donors (Lipinski definition) is 1. The number of benzene rings is 1. The van der Waals surface area contributed by atoms with E-state index in [4.69, 9.17) is 9.15 Å². The molecule has 1 aromatic carbocycles. The van der Waals surface area contributed by atoms with Crippen LogP contribution >= 0.6 is 0 Å². The van der Waals surface area contributed by atoms with E-state index in [1.165, 1.54) is 5.56 Å². The minimum atomic E-state index is 0.552. The van der Waals surface area contributed by atoms with Crippen molar-refractivity contribution in [3.05, 3.63) is 60.1 Å². The van der Waals surface area contributed by atoms with E-state index < -0.39 is 0 Å². The van der Waals surface area contributed by atoms with Gasteiger partial charge >= 0.3 is 0 Å². The number of guanidine groups is 1. The van der Waals surface area contributed by atoms with Crippen molar-refractivity contribution in [3.8, 4) is 0 Å². The predicted octanol–water partition coefficient (Wildman–Crippen LogP) is 2.89. The van der Waals surface area contributed by atoms with Gasteiger partial charge in [0.05, 0.1) is 26.0 Å². The molecule has 1 atom stereocenters. The standard InChI is InChI=1S/C19H25N3O2/c1-20-19(21-12-18-8-5-11-24-18)22-10-9-17(13-22)15-23-14-16-6-3-2-4-7-16/h2-8,11,17H,9-10,12-15H2,1H3,(H,20,21). The molecule has 0 amide bonds. The molecule has 1 fully saturated rings. The molecule has 2 heterocycles. The molecule has 1 saturated heterocycles. The van der Waals surface area contributed by atoms with Crippen LogP contribution < -0.4 is 5.32 Å². The Labute approximate surface area is 143 Å². The van der Waals surface area contributed by atoms with E-state index in [1.54, 1.807) is 6.26 Å². The minimum absolute atomic E-state index is 0.552. The second-order valence-electron chi connectivity index (χ2n) is 6.08. The summed E-state index contributed by atoms with van der Waals surface area (Å²) in [6.07, 6.45) is 2.83. The SMILES string of the molecule is CN=C(NCc1ccco1)N1CCC(COCc2ccccc2)C1. The van der Waals surface area contributed by atoms with Crippen molar-refractivity contribution in [1.82, 2.24) is 10.2 Å². The van der Waals surface area contributed by atoms with Crippen LogP contribution in [-0.2, 0) is 17.9 Å². The van der Waals surface area contributed by atoms with Gasteiger partial charge in [-0.15, -0.1) is 0 Å². The molecule has 5 nitrogen and oxygen atoms in total. The van der Waals surface area contributed by atoms with E-state index in [9.17, 15) is 0 Å². The summed E-state index contributed by atoms with van der Waals surface area (Å²) < 4.78 is 11.2. The Balaban J connectivity index is 1.40. The third-order valence-corrected chi connectivity index (χ3v) is 4.26. The first kappa shape index (κ1) is 16.6. The Bertz CT molecular complexity index is 625. The summed E-state index contributed by atoms with van der Waals surface area (Å²) in [6.45, 7) is 4.12. The lowest BCUT2D eigenvalue weighted by atomic mass is 10.1. The highest BCUT2D eigenvalue weighted by Gasteiger charge is 2.25. The van der Waals surface area contributed by atoms with Gasteiger partial charge in [0.25, 0.3) is 0 Å². The van der Waals surface area contributed by atoms with Crippen LogP contribution in [0.25, 0.3) is 0 Å². The second kappa shape index (κ2) is 8.55. The van der Waals surface area contributed by atoms with Crippen LogP contribution in [0.1, 0.15) is 17.7 Å². The molecule has 5 heteroatoms. The smallest absolute Gasteiger partial charge is 0.194 e. The highest BCUT2D eigenvalue weighted by atomic mass is 16.5. The van der Waals surface area contributed by atoms with Gasteiger partial charge in [-0.05, 0) is 24.1 Å². The van der Waals surface area contributed by atoms with E-state index in [0.29, 0.717) is 19.1 Å². The average molecular weight is 327 g/mol. The fraction of sp³-hybridized carbons (Fsp3) is 0.421. The molecule has 1 aliphatic heterocycles. The summed E-state index contributed by atoms with van der Waals surface area (Å²) in [5.74, 6) is 2.39. The predicted molar refractivity (Wildman–Crippen MR) is 94.7 cm³/mol. The summed E-state index contributed by atoms with van der Waals surface area (Å²) >= 11 is 0. The molecule has 0 radical (unpaired) electrons. The topological polar surface area (TPSA) is 50.0 Å². The van der Waals surface area contributed by atoms with Gasteiger partial charge in [0.15, 0.2) is 5.96 Å². The lowest BCUT2D eigenvalue weighted by Crippen LogP contribution is -2.39. The van der Waals surface area contributed by atoms with E-state index in [1.807, 2.05) is 37.4 Å². The fourth-order valence-corrected chi connectivity index (χ4v) is 2.99. The Morgan fingerprint density at radius 3 is 2.92 bits per heavy atom. The van der Waals surface area contributed by atoms with Crippen molar-refractivity contribution in [3.63, 3.8) is 0 Å². The summed E-state index contributed by atoms with van der Waals surface area (Å²) in [4.78, 5) is 6.67. The summed E-state index contributed by atoms with van der Waals surface area (Å²) in [6, 6.07) is 14.2. The monoisotopic (exact) mass is 327 g/mol. The molecule has 24 heavy (non-hydrogen) atoms. The lowest BCUT2D eigenvalue weighted by molar-refractivity contribution is 0.0906. The number of ether oxygens (including phenoxy) is 1. The number of nitrogens with zero attached hydrogens (tertiary/aromatic N) is 2. The first-order valence-electron chi connectivity index (χ1n) is 8.45. The van der Waals surface area contributed by atoms with Gasteiger partial charge in [-0.1, -0.05) is 30.3 Å². The Morgan fingerprint density at radius 1 is 1.29 bits per heavy atom. The molecule has 1 unspecified atom stereocenters. The third-order valence-electron chi connectivity index (χ3n) is 4.26. The Morgan fingerprint density at radius 2 is 2.17 bits per heavy atom. The van der Waals surface area contributed by atoms with Crippen LogP contribution in [0.4, 0.5) is 0 Å². The van der Waals surface area contributed by atoms with E-state index in [-0.39, 0.29) is 0 Å². The van der Waals surface area contributed by atoms with Crippen LogP contribution in [0.5, 0.6) is 0 Å². The van der Waals surface area contributed by atoms with Crippen LogP contribution in [0.15, 0.2) is 58.1 Å². The molecule has 1 N–H and O–H groups in total. The number of hydrogen-bond acceptors (Lipinski definition) is 3. The molecule has 0 saturated carbocycles. The molecule has 1 aromatic heterocycles. The number of likely N-dealkylation sites (tertiary alicyclic amines) is 1. The van der Waals surface area contributed by atoms with Crippen LogP contribution in [-0.4, -0.2) is 37.6 Å². The summed E-state index contributed by atoms with van der Waals surface area (Å²) in [5, 5.41) is 3.36. The molecule has 3 rings (SSSR count). The van der Waals surface area contributed by atoms with Crippen LogP contribution in [0.2, 0.25) is 0 Å². The molecular weight excluding hydrogens is 302 g/mol. The van der Waals surface area contributed by atoms with Crippen LogP contribution in [0, 0.1) is 5.92 Å². The lowest BCUT2D eigenvalue weighted by Gasteiger charge is -2.21. The van der Waals surface area contributed by atoms with Gasteiger partial charge in [0, 0.05) is 26.1 Å². The molecular formula is C19H25N3O2. The van der Waals surface area contributed by atoms with Crippen molar-refractivity contribution < 1.29 is 9.15 Å². The number of nitrogens with one attached hydrogen (secondary N) is 1. The largest absolute Gasteiger partial charge is 0.467 e. The van der Waals surface area contributed by atoms with Gasteiger partial charge in [-0.3, -0.25) is 4.99 Å². The molecule has 2 aromatic rings. The molecule has 128 valence electrons. The van der Waals surface area contributed by atoms with Crippen molar-refractivity contribution in [2.24, 2.45) is 10.9 Å². The maximum atomic E-state index is 5.88. The molecule has 0 spiro atoms. The van der Waals surface area contributed by atoms with Gasteiger partial charge in [-0.2, -0.15) is 0 Å². The van der Waals surface area contributed by atoms with Gasteiger partial charge < -0.3 is 19.4 Å². The van der Waals surface area contributed by atoms with Crippen LogP contribution in [0.3, 0.4) is 0 Å². The molecule has 1 aliphatic rings. The zero-order valence-corrected chi connectivity index (χ0v) is 14.1. The Kier molecular flexibility index (Phi) is 5.90. The number of aliphatic imine (C=N–C) groups is 1. The fourth-order valence-electron chi connectivity index (χ4n) is 2.99. The first-order chi connectivity index (χ1) is 11.8. The van der Waals surface area contributed by atoms with E-state index in [2.05, 4.69) is 27.3 Å². The highest BCUT2D eigenvalue weighted by molar-refractivity contribution is 5.80. The normalized spacial score (nSPS) is 18.1. The van der Waals surface area contributed by atoms with Crippen molar-refractivity contribution in [2.75, 3.05) is 26.7 Å². The maximum Gasteiger partial charge on any atom is 0.194 e. The number of rotatable bonds is 6. The zero-order valence-electron chi connectivity index (χ0n) is 14.1. The van der Waals surface area contributed by atoms with Crippen molar-refractivity contribution in [1.29, 1.82) is 0 Å². The van der Waals surface area contributed by atoms with E-state index in [0.717, 1.165) is 37.8 Å². The zero-order chi connectivity index (χ0) is 16.6.